The van der Waals surface area contributed by atoms with Crippen molar-refractivity contribution in [1.29, 1.82) is 0 Å². The van der Waals surface area contributed by atoms with E-state index in [0.29, 0.717) is 6.42 Å². The number of nitrogens with zero attached hydrogens (tertiary/aromatic N) is 2. The number of nitrogens with one attached hydrogen (secondary N) is 1. The molecule has 1 unspecified atom stereocenters. The van der Waals surface area contributed by atoms with Crippen molar-refractivity contribution >= 4 is 33.2 Å². The number of rotatable bonds is 4. The molecular formula is C11H15N3O5S2. The van der Waals surface area contributed by atoms with Crippen LogP contribution in [0.4, 0.5) is 0 Å². The van der Waals surface area contributed by atoms with Crippen LogP contribution in [0.25, 0.3) is 0 Å². The van der Waals surface area contributed by atoms with Crippen LogP contribution in [0.5, 0.6) is 0 Å². The lowest BCUT2D eigenvalue weighted by Gasteiger charge is -2.22. The van der Waals surface area contributed by atoms with E-state index in [-0.39, 0.29) is 23.2 Å². The number of aromatic nitrogens is 1. The number of carbonyl (C=O) groups excluding carboxylic acids is 1. The quantitative estimate of drug-likeness (QED) is 0.800. The first-order chi connectivity index (χ1) is 9.72. The van der Waals surface area contributed by atoms with Gasteiger partial charge in [-0.25, -0.2) is 18.2 Å². The zero-order chi connectivity index (χ0) is 15.8. The molecule has 1 aromatic heterocycles. The lowest BCUT2D eigenvalue weighted by molar-refractivity contribution is -0.128. The van der Waals surface area contributed by atoms with E-state index in [1.165, 1.54) is 12.6 Å². The van der Waals surface area contributed by atoms with Gasteiger partial charge in [-0.3, -0.25) is 4.79 Å². The summed E-state index contributed by atoms with van der Waals surface area (Å²) in [5.74, 6) is -1.62. The molecule has 0 bridgehead atoms. The first-order valence-corrected chi connectivity index (χ1v) is 8.43. The lowest BCUT2D eigenvalue weighted by atomic mass is 9.89. The summed E-state index contributed by atoms with van der Waals surface area (Å²) in [6.45, 7) is 1.88. The summed E-state index contributed by atoms with van der Waals surface area (Å²) >= 11 is 0.764. The summed E-state index contributed by atoms with van der Waals surface area (Å²) in [6.07, 6.45) is 0.382. The molecule has 1 fully saturated rings. The summed E-state index contributed by atoms with van der Waals surface area (Å²) < 4.78 is 25.9. The van der Waals surface area contributed by atoms with Crippen molar-refractivity contribution < 1.29 is 23.1 Å². The van der Waals surface area contributed by atoms with Crippen molar-refractivity contribution in [3.8, 4) is 0 Å². The zero-order valence-corrected chi connectivity index (χ0v) is 13.1. The summed E-state index contributed by atoms with van der Waals surface area (Å²) in [5.41, 5.74) is -0.103. The van der Waals surface area contributed by atoms with Crippen LogP contribution < -0.4 is 5.32 Å². The maximum Gasteiger partial charge on any atom is 0.356 e. The van der Waals surface area contributed by atoms with Crippen LogP contribution in [-0.4, -0.2) is 54.8 Å². The van der Waals surface area contributed by atoms with E-state index >= 15 is 0 Å². The first kappa shape index (κ1) is 15.9. The number of amides is 1. The molecule has 2 rings (SSSR count). The van der Waals surface area contributed by atoms with Crippen molar-refractivity contribution in [1.82, 2.24) is 14.6 Å². The molecule has 0 aromatic carbocycles. The molecule has 1 atom stereocenters. The summed E-state index contributed by atoms with van der Waals surface area (Å²) in [6, 6.07) is 0. The van der Waals surface area contributed by atoms with Crippen molar-refractivity contribution in [2.24, 2.45) is 5.41 Å². The van der Waals surface area contributed by atoms with Gasteiger partial charge in [0.2, 0.25) is 5.91 Å². The fourth-order valence-corrected chi connectivity index (χ4v) is 5.13. The SMILES string of the molecule is CNC(=O)C1(C)CCN(S(=O)(=O)c2scnc2C(=O)O)C1. The summed E-state index contributed by atoms with van der Waals surface area (Å²) in [5, 5.41) is 11.5. The maximum atomic E-state index is 12.5. The zero-order valence-electron chi connectivity index (χ0n) is 11.5. The maximum absolute atomic E-state index is 12.5. The standard InChI is InChI=1S/C11H15N3O5S2/c1-11(10(17)12-2)3-4-14(5-11)21(18,19)9-7(8(15)16)13-6-20-9/h6H,3-5H2,1-2H3,(H,12,17)(H,15,16). The Kier molecular flexibility index (Phi) is 4.04. The average molecular weight is 333 g/mol. The molecule has 2 N–H and O–H groups in total. The average Bonchev–Trinajstić information content (AvgIpc) is 3.05. The minimum absolute atomic E-state index is 0.0198. The van der Waals surface area contributed by atoms with Gasteiger partial charge in [-0.1, -0.05) is 0 Å². The molecule has 10 heteroatoms. The highest BCUT2D eigenvalue weighted by Gasteiger charge is 2.45. The fourth-order valence-electron chi connectivity index (χ4n) is 2.29. The van der Waals surface area contributed by atoms with E-state index < -0.39 is 27.1 Å². The monoisotopic (exact) mass is 333 g/mol. The van der Waals surface area contributed by atoms with Gasteiger partial charge in [0.1, 0.15) is 0 Å². The summed E-state index contributed by atoms with van der Waals surface area (Å²) in [7, 11) is -2.46. The molecule has 0 spiro atoms. The van der Waals surface area contributed by atoms with Gasteiger partial charge in [0.15, 0.2) is 9.90 Å². The molecule has 1 aliphatic rings. The van der Waals surface area contributed by atoms with E-state index in [4.69, 9.17) is 5.11 Å². The number of thiazole rings is 1. The van der Waals surface area contributed by atoms with E-state index in [1.807, 2.05) is 0 Å². The molecule has 0 aliphatic carbocycles. The Morgan fingerprint density at radius 1 is 1.52 bits per heavy atom. The molecule has 0 saturated carbocycles. The molecule has 1 saturated heterocycles. The van der Waals surface area contributed by atoms with Crippen LogP contribution in [0, 0.1) is 5.41 Å². The Morgan fingerprint density at radius 3 is 2.76 bits per heavy atom. The molecule has 1 aromatic rings. The van der Waals surface area contributed by atoms with Crippen molar-refractivity contribution in [3.05, 3.63) is 11.2 Å². The lowest BCUT2D eigenvalue weighted by Crippen LogP contribution is -2.40. The highest BCUT2D eigenvalue weighted by atomic mass is 32.2. The van der Waals surface area contributed by atoms with Gasteiger partial charge in [-0.15, -0.1) is 11.3 Å². The Labute approximate surface area is 125 Å². The third-order valence-electron chi connectivity index (χ3n) is 3.53. The third kappa shape index (κ3) is 2.65. The predicted octanol–water partition coefficient (Wildman–Crippen LogP) is -0.0120. The Morgan fingerprint density at radius 2 is 2.19 bits per heavy atom. The second-order valence-corrected chi connectivity index (χ2v) is 8.01. The Bertz CT molecular complexity index is 684. The van der Waals surface area contributed by atoms with E-state index in [2.05, 4.69) is 10.3 Å². The highest BCUT2D eigenvalue weighted by molar-refractivity contribution is 7.91. The Hall–Kier alpha value is -1.52. The van der Waals surface area contributed by atoms with Crippen molar-refractivity contribution in [2.75, 3.05) is 20.1 Å². The Balaban J connectivity index is 2.32. The smallest absolute Gasteiger partial charge is 0.356 e. The molecule has 116 valence electrons. The highest BCUT2D eigenvalue weighted by Crippen LogP contribution is 2.35. The molecule has 1 aliphatic heterocycles. The van der Waals surface area contributed by atoms with Gasteiger partial charge in [0.05, 0.1) is 10.9 Å². The number of carboxylic acid groups (broad SMARTS) is 1. The largest absolute Gasteiger partial charge is 0.476 e. The minimum Gasteiger partial charge on any atom is -0.476 e. The van der Waals surface area contributed by atoms with Gasteiger partial charge in [0, 0.05) is 20.1 Å². The molecule has 8 nitrogen and oxygen atoms in total. The molecule has 1 amide bonds. The number of sulfonamides is 1. The molecule has 0 radical (unpaired) electrons. The van der Waals surface area contributed by atoms with Crippen LogP contribution >= 0.6 is 11.3 Å². The van der Waals surface area contributed by atoms with E-state index in [1.54, 1.807) is 6.92 Å². The van der Waals surface area contributed by atoms with Gasteiger partial charge in [-0.2, -0.15) is 4.31 Å². The number of aromatic carboxylic acids is 1. The molecule has 2 heterocycles. The first-order valence-electron chi connectivity index (χ1n) is 6.11. The van der Waals surface area contributed by atoms with Gasteiger partial charge < -0.3 is 10.4 Å². The number of hydrogen-bond donors (Lipinski definition) is 2. The van der Waals surface area contributed by atoms with Gasteiger partial charge in [-0.05, 0) is 13.3 Å². The predicted molar refractivity (Wildman–Crippen MR) is 74.6 cm³/mol. The topological polar surface area (TPSA) is 117 Å². The third-order valence-corrected chi connectivity index (χ3v) is 6.72. The van der Waals surface area contributed by atoms with Crippen molar-refractivity contribution in [2.45, 2.75) is 17.6 Å². The van der Waals surface area contributed by atoms with Crippen LogP contribution in [0.2, 0.25) is 0 Å². The number of carbonyl (C=O) groups is 2. The van der Waals surface area contributed by atoms with Crippen LogP contribution in [-0.2, 0) is 14.8 Å². The van der Waals surface area contributed by atoms with Crippen molar-refractivity contribution in [3.63, 3.8) is 0 Å². The molecular weight excluding hydrogens is 318 g/mol. The second kappa shape index (κ2) is 5.35. The van der Waals surface area contributed by atoms with Crippen LogP contribution in [0.15, 0.2) is 9.72 Å². The number of hydrogen-bond acceptors (Lipinski definition) is 6. The fraction of sp³-hybridized carbons (Fsp3) is 0.545. The van der Waals surface area contributed by atoms with E-state index in [0.717, 1.165) is 15.6 Å². The van der Waals surface area contributed by atoms with E-state index in [9.17, 15) is 18.0 Å². The number of carboxylic acids is 1. The normalized spacial score (nSPS) is 23.1. The van der Waals surface area contributed by atoms with Crippen LogP contribution in [0.1, 0.15) is 23.8 Å². The molecule has 21 heavy (non-hydrogen) atoms. The van der Waals surface area contributed by atoms with Crippen LogP contribution in [0.3, 0.4) is 0 Å². The van der Waals surface area contributed by atoms with Gasteiger partial charge >= 0.3 is 5.97 Å². The second-order valence-electron chi connectivity index (χ2n) is 5.02. The minimum atomic E-state index is -3.96. The summed E-state index contributed by atoms with van der Waals surface area (Å²) in [4.78, 5) is 26.4. The van der Waals surface area contributed by atoms with Gasteiger partial charge in [0.25, 0.3) is 10.0 Å².